The number of nitrogens with one attached hydrogen (secondary N) is 1. The summed E-state index contributed by atoms with van der Waals surface area (Å²) >= 11 is 0. The molecule has 3 N–H and O–H groups in total. The van der Waals surface area contributed by atoms with Crippen molar-refractivity contribution in [1.29, 1.82) is 0 Å². The summed E-state index contributed by atoms with van der Waals surface area (Å²) in [4.78, 5) is 0. The normalized spacial score (nSPS) is 30.5. The minimum atomic E-state index is -0.237. The lowest BCUT2D eigenvalue weighted by molar-refractivity contribution is 0.304. The lowest BCUT2D eigenvalue weighted by atomic mass is 9.93. The van der Waals surface area contributed by atoms with Crippen molar-refractivity contribution in [3.05, 3.63) is 35.8 Å². The van der Waals surface area contributed by atoms with Crippen LogP contribution in [0.4, 0.5) is 4.39 Å². The van der Waals surface area contributed by atoms with E-state index in [0.29, 0.717) is 5.92 Å². The van der Waals surface area contributed by atoms with Crippen LogP contribution in [0, 0.1) is 23.6 Å². The molecule has 1 aromatic carbocycles. The van der Waals surface area contributed by atoms with E-state index >= 15 is 0 Å². The Kier molecular flexibility index (Phi) is 2.44. The number of rotatable bonds is 3. The first-order valence-electron chi connectivity index (χ1n) is 6.89. The summed E-state index contributed by atoms with van der Waals surface area (Å²) in [7, 11) is 0. The molecule has 2 fully saturated rings. The van der Waals surface area contributed by atoms with Crippen molar-refractivity contribution in [3.8, 4) is 0 Å². The molecular formula is C15H17FN2O. The highest BCUT2D eigenvalue weighted by atomic mass is 19.1. The minimum Gasteiger partial charge on any atom is -0.459 e. The first-order chi connectivity index (χ1) is 9.24. The Morgan fingerprint density at radius 1 is 1.21 bits per heavy atom. The van der Waals surface area contributed by atoms with Gasteiger partial charge in [0, 0.05) is 5.39 Å². The van der Waals surface area contributed by atoms with Crippen LogP contribution in [0.25, 0.3) is 11.0 Å². The molecule has 0 spiro atoms. The zero-order valence-corrected chi connectivity index (χ0v) is 10.6. The van der Waals surface area contributed by atoms with Gasteiger partial charge in [-0.1, -0.05) is 0 Å². The molecule has 2 aliphatic rings. The van der Waals surface area contributed by atoms with Gasteiger partial charge >= 0.3 is 0 Å². The highest BCUT2D eigenvalue weighted by Gasteiger charge is 2.48. The van der Waals surface area contributed by atoms with Crippen LogP contribution in [0.5, 0.6) is 0 Å². The quantitative estimate of drug-likeness (QED) is 0.658. The molecule has 2 aliphatic carbocycles. The van der Waals surface area contributed by atoms with Crippen LogP contribution in [0.3, 0.4) is 0 Å². The van der Waals surface area contributed by atoms with Crippen LogP contribution in [0.15, 0.2) is 28.7 Å². The SMILES string of the molecule is NNC(c1cc2cc(F)ccc2o1)C1CC2CC2C1. The molecule has 1 aromatic heterocycles. The molecule has 4 rings (SSSR count). The third kappa shape index (κ3) is 1.86. The number of hydrogen-bond acceptors (Lipinski definition) is 3. The first-order valence-corrected chi connectivity index (χ1v) is 6.89. The Labute approximate surface area is 110 Å². The number of hydrazine groups is 1. The number of halogens is 1. The van der Waals surface area contributed by atoms with Crippen molar-refractivity contribution in [2.24, 2.45) is 23.6 Å². The predicted octanol–water partition coefficient (Wildman–Crippen LogP) is 3.12. The second-order valence-electron chi connectivity index (χ2n) is 5.96. The summed E-state index contributed by atoms with van der Waals surface area (Å²) in [6.07, 6.45) is 3.84. The third-order valence-corrected chi connectivity index (χ3v) is 4.73. The molecule has 3 atom stereocenters. The van der Waals surface area contributed by atoms with E-state index in [9.17, 15) is 4.39 Å². The van der Waals surface area contributed by atoms with E-state index in [2.05, 4.69) is 5.43 Å². The maximum absolute atomic E-state index is 13.2. The van der Waals surface area contributed by atoms with Crippen molar-refractivity contribution in [3.63, 3.8) is 0 Å². The summed E-state index contributed by atoms with van der Waals surface area (Å²) in [5, 5.41) is 0.804. The summed E-state index contributed by atoms with van der Waals surface area (Å²) in [6, 6.07) is 6.55. The monoisotopic (exact) mass is 260 g/mol. The highest BCUT2D eigenvalue weighted by molar-refractivity contribution is 5.78. The molecule has 19 heavy (non-hydrogen) atoms. The summed E-state index contributed by atoms with van der Waals surface area (Å²) in [5.41, 5.74) is 3.61. The van der Waals surface area contributed by atoms with E-state index in [-0.39, 0.29) is 11.9 Å². The van der Waals surface area contributed by atoms with E-state index in [1.807, 2.05) is 6.07 Å². The van der Waals surface area contributed by atoms with E-state index in [1.165, 1.54) is 31.4 Å². The maximum Gasteiger partial charge on any atom is 0.134 e. The molecule has 0 amide bonds. The molecule has 3 unspecified atom stereocenters. The van der Waals surface area contributed by atoms with Gasteiger partial charge in [0.25, 0.3) is 0 Å². The van der Waals surface area contributed by atoms with Crippen molar-refractivity contribution in [2.75, 3.05) is 0 Å². The molecule has 3 nitrogen and oxygen atoms in total. The van der Waals surface area contributed by atoms with Gasteiger partial charge < -0.3 is 4.42 Å². The molecule has 2 aromatic rings. The first kappa shape index (κ1) is 11.4. The largest absolute Gasteiger partial charge is 0.459 e. The van der Waals surface area contributed by atoms with E-state index in [1.54, 1.807) is 6.07 Å². The van der Waals surface area contributed by atoms with Crippen molar-refractivity contribution in [2.45, 2.75) is 25.3 Å². The van der Waals surface area contributed by atoms with Gasteiger partial charge in [0.2, 0.25) is 0 Å². The topological polar surface area (TPSA) is 51.2 Å². The van der Waals surface area contributed by atoms with Crippen LogP contribution in [-0.2, 0) is 0 Å². The summed E-state index contributed by atoms with van der Waals surface area (Å²) < 4.78 is 19.0. The molecular weight excluding hydrogens is 243 g/mol. The Balaban J connectivity index is 1.67. The zero-order chi connectivity index (χ0) is 13.0. The Hall–Kier alpha value is -1.39. The molecule has 1 heterocycles. The standard InChI is InChI=1S/C15H17FN2O/c16-12-1-2-13-10(6-12)7-14(19-13)15(18-17)11-4-8-3-9(8)5-11/h1-2,6-9,11,15,18H,3-5,17H2. The van der Waals surface area contributed by atoms with Gasteiger partial charge in [-0.05, 0) is 61.3 Å². The molecule has 0 aliphatic heterocycles. The molecule has 0 radical (unpaired) electrons. The number of benzene rings is 1. The van der Waals surface area contributed by atoms with E-state index < -0.39 is 0 Å². The van der Waals surface area contributed by atoms with Crippen LogP contribution < -0.4 is 11.3 Å². The summed E-state index contributed by atoms with van der Waals surface area (Å²) in [6.45, 7) is 0. The smallest absolute Gasteiger partial charge is 0.134 e. The Morgan fingerprint density at radius 2 is 2.00 bits per heavy atom. The zero-order valence-electron chi connectivity index (χ0n) is 10.6. The number of fused-ring (bicyclic) bond motifs is 2. The molecule has 100 valence electrons. The second kappa shape index (κ2) is 4.05. The molecule has 4 heteroatoms. The number of nitrogens with two attached hydrogens (primary N) is 1. The van der Waals surface area contributed by atoms with Gasteiger partial charge in [0.05, 0.1) is 6.04 Å². The van der Waals surface area contributed by atoms with Gasteiger partial charge in [-0.3, -0.25) is 5.84 Å². The van der Waals surface area contributed by atoms with Gasteiger partial charge in [0.15, 0.2) is 0 Å². The van der Waals surface area contributed by atoms with Crippen LogP contribution in [0.1, 0.15) is 31.1 Å². The third-order valence-electron chi connectivity index (χ3n) is 4.73. The fraction of sp³-hybridized carbons (Fsp3) is 0.467. The minimum absolute atomic E-state index is 0.0447. The molecule has 0 bridgehead atoms. The Morgan fingerprint density at radius 3 is 2.74 bits per heavy atom. The second-order valence-corrected chi connectivity index (χ2v) is 5.96. The van der Waals surface area contributed by atoms with Crippen molar-refractivity contribution >= 4 is 11.0 Å². The number of hydrogen-bond donors (Lipinski definition) is 2. The van der Waals surface area contributed by atoms with E-state index in [0.717, 1.165) is 28.6 Å². The number of furan rings is 1. The van der Waals surface area contributed by atoms with Crippen molar-refractivity contribution in [1.82, 2.24) is 5.43 Å². The highest BCUT2D eigenvalue weighted by Crippen LogP contribution is 2.57. The lowest BCUT2D eigenvalue weighted by Gasteiger charge is -2.21. The summed E-state index contributed by atoms with van der Waals surface area (Å²) in [5.74, 6) is 8.66. The average Bonchev–Trinajstić information content (AvgIpc) is 2.84. The Bertz CT molecular complexity index is 614. The van der Waals surface area contributed by atoms with Crippen LogP contribution in [0.2, 0.25) is 0 Å². The van der Waals surface area contributed by atoms with Crippen molar-refractivity contribution < 1.29 is 8.81 Å². The fourth-order valence-corrected chi connectivity index (χ4v) is 3.67. The van der Waals surface area contributed by atoms with Gasteiger partial charge in [-0.25, -0.2) is 9.82 Å². The maximum atomic E-state index is 13.2. The fourth-order valence-electron chi connectivity index (χ4n) is 3.67. The predicted molar refractivity (Wildman–Crippen MR) is 70.6 cm³/mol. The lowest BCUT2D eigenvalue weighted by Crippen LogP contribution is -2.32. The van der Waals surface area contributed by atoms with Gasteiger partial charge in [-0.15, -0.1) is 0 Å². The van der Waals surface area contributed by atoms with Crippen LogP contribution >= 0.6 is 0 Å². The van der Waals surface area contributed by atoms with Gasteiger partial charge in [-0.2, -0.15) is 0 Å². The molecule has 2 saturated carbocycles. The van der Waals surface area contributed by atoms with E-state index in [4.69, 9.17) is 10.3 Å². The average molecular weight is 260 g/mol. The van der Waals surface area contributed by atoms with Gasteiger partial charge in [0.1, 0.15) is 17.2 Å². The molecule has 0 saturated heterocycles. The van der Waals surface area contributed by atoms with Crippen LogP contribution in [-0.4, -0.2) is 0 Å².